The van der Waals surface area contributed by atoms with Crippen molar-refractivity contribution < 1.29 is 0 Å². The van der Waals surface area contributed by atoms with Crippen molar-refractivity contribution in [3.8, 4) is 0 Å². The highest BCUT2D eigenvalue weighted by Gasteiger charge is 2.21. The zero-order valence-corrected chi connectivity index (χ0v) is 9.30. The number of rotatable bonds is 1. The molecule has 1 saturated carbocycles. The third-order valence-electron chi connectivity index (χ3n) is 3.54. The quantitative estimate of drug-likeness (QED) is 0.680. The number of hydrogen-bond donors (Lipinski definition) is 0. The number of aryl methyl sites for hydroxylation is 1. The molecular weight excluding hydrogens is 172 g/mol. The van der Waals surface area contributed by atoms with Crippen LogP contribution in [0, 0.1) is 20.8 Å². The first-order valence-electron chi connectivity index (χ1n) is 5.50. The lowest BCUT2D eigenvalue weighted by molar-refractivity contribution is 0.667. The molecule has 0 bridgehead atoms. The average molecular weight is 190 g/mol. The molecule has 0 spiro atoms. The van der Waals surface area contributed by atoms with Crippen LogP contribution >= 0.6 is 0 Å². The smallest absolute Gasteiger partial charge is 0.0693 e. The van der Waals surface area contributed by atoms with E-state index in [1.54, 1.807) is 0 Å². The summed E-state index contributed by atoms with van der Waals surface area (Å²) in [5, 5.41) is 8.60. The van der Waals surface area contributed by atoms with Crippen molar-refractivity contribution in [2.45, 2.75) is 52.4 Å². The van der Waals surface area contributed by atoms with Crippen molar-refractivity contribution in [1.29, 1.82) is 0 Å². The van der Waals surface area contributed by atoms with E-state index >= 15 is 0 Å². The van der Waals surface area contributed by atoms with Crippen molar-refractivity contribution in [2.75, 3.05) is 0 Å². The van der Waals surface area contributed by atoms with E-state index in [0.717, 1.165) is 5.69 Å². The molecule has 0 atom stereocenters. The fraction of sp³-hybridized carbons (Fsp3) is 0.667. The number of hydrogen-bond acceptors (Lipinski definition) is 2. The Kier molecular flexibility index (Phi) is 2.53. The van der Waals surface area contributed by atoms with Gasteiger partial charge in [-0.1, -0.05) is 12.8 Å². The molecule has 2 heteroatoms. The van der Waals surface area contributed by atoms with Gasteiger partial charge in [-0.3, -0.25) is 0 Å². The van der Waals surface area contributed by atoms with E-state index in [0.29, 0.717) is 5.92 Å². The highest BCUT2D eigenvalue weighted by molar-refractivity contribution is 5.32. The Balaban J connectivity index is 2.38. The van der Waals surface area contributed by atoms with Crippen molar-refractivity contribution >= 4 is 0 Å². The number of aromatic nitrogens is 2. The second kappa shape index (κ2) is 3.68. The minimum Gasteiger partial charge on any atom is -0.155 e. The Morgan fingerprint density at radius 2 is 1.57 bits per heavy atom. The summed E-state index contributed by atoms with van der Waals surface area (Å²) in [6, 6.07) is 0. The van der Waals surface area contributed by atoms with Gasteiger partial charge in [0.1, 0.15) is 0 Å². The molecule has 0 N–H and O–H groups in total. The lowest BCUT2D eigenvalue weighted by atomic mass is 9.97. The summed E-state index contributed by atoms with van der Waals surface area (Å²) in [7, 11) is 0. The summed E-state index contributed by atoms with van der Waals surface area (Å²) >= 11 is 0. The van der Waals surface area contributed by atoms with Crippen molar-refractivity contribution in [3.05, 3.63) is 22.5 Å². The maximum atomic E-state index is 4.37. The molecule has 1 fully saturated rings. The second-order valence-electron chi connectivity index (χ2n) is 4.40. The zero-order valence-electron chi connectivity index (χ0n) is 9.30. The molecule has 0 unspecified atom stereocenters. The van der Waals surface area contributed by atoms with E-state index in [4.69, 9.17) is 0 Å². The molecular formula is C12H18N2. The van der Waals surface area contributed by atoms with Crippen LogP contribution in [0.3, 0.4) is 0 Å². The van der Waals surface area contributed by atoms with E-state index < -0.39 is 0 Å². The highest BCUT2D eigenvalue weighted by atomic mass is 15.1. The topological polar surface area (TPSA) is 25.8 Å². The van der Waals surface area contributed by atoms with Gasteiger partial charge in [0, 0.05) is 5.92 Å². The highest BCUT2D eigenvalue weighted by Crippen LogP contribution is 2.34. The molecule has 1 aromatic heterocycles. The Labute approximate surface area is 85.8 Å². The van der Waals surface area contributed by atoms with Crippen LogP contribution in [0.15, 0.2) is 0 Å². The maximum absolute atomic E-state index is 4.37. The standard InChI is InChI=1S/C12H18N2/c1-8-9(2)12(14-13-10(8)3)11-6-4-5-7-11/h11H,4-7H2,1-3H3. The van der Waals surface area contributed by atoms with Gasteiger partial charge >= 0.3 is 0 Å². The fourth-order valence-electron chi connectivity index (χ4n) is 2.33. The van der Waals surface area contributed by atoms with Crippen molar-refractivity contribution in [3.63, 3.8) is 0 Å². The van der Waals surface area contributed by atoms with Gasteiger partial charge in [0.15, 0.2) is 0 Å². The van der Waals surface area contributed by atoms with Gasteiger partial charge in [-0.15, -0.1) is 0 Å². The van der Waals surface area contributed by atoms with Gasteiger partial charge in [-0.25, -0.2) is 0 Å². The van der Waals surface area contributed by atoms with Gasteiger partial charge in [0.25, 0.3) is 0 Å². The first-order chi connectivity index (χ1) is 6.70. The summed E-state index contributed by atoms with van der Waals surface area (Å²) < 4.78 is 0. The minimum absolute atomic E-state index is 0.682. The van der Waals surface area contributed by atoms with E-state index in [1.807, 2.05) is 6.92 Å². The van der Waals surface area contributed by atoms with Crippen LogP contribution in [0.4, 0.5) is 0 Å². The first-order valence-corrected chi connectivity index (χ1v) is 5.50. The van der Waals surface area contributed by atoms with E-state index in [1.165, 1.54) is 42.5 Å². The lowest BCUT2D eigenvalue weighted by Gasteiger charge is -2.13. The van der Waals surface area contributed by atoms with Gasteiger partial charge in [-0.05, 0) is 44.7 Å². The number of nitrogens with zero attached hydrogens (tertiary/aromatic N) is 2. The van der Waals surface area contributed by atoms with Crippen molar-refractivity contribution in [2.24, 2.45) is 0 Å². The van der Waals surface area contributed by atoms with Crippen LogP contribution in [-0.2, 0) is 0 Å². The minimum atomic E-state index is 0.682. The molecule has 0 radical (unpaired) electrons. The third kappa shape index (κ3) is 1.54. The fourth-order valence-corrected chi connectivity index (χ4v) is 2.33. The van der Waals surface area contributed by atoms with Gasteiger partial charge in [0.2, 0.25) is 0 Å². The van der Waals surface area contributed by atoms with Gasteiger partial charge in [-0.2, -0.15) is 10.2 Å². The van der Waals surface area contributed by atoms with Crippen LogP contribution in [-0.4, -0.2) is 10.2 Å². The van der Waals surface area contributed by atoms with Crippen LogP contribution in [0.5, 0.6) is 0 Å². The van der Waals surface area contributed by atoms with Crippen LogP contribution in [0.1, 0.15) is 54.1 Å². The van der Waals surface area contributed by atoms with Gasteiger partial charge < -0.3 is 0 Å². The summed E-state index contributed by atoms with van der Waals surface area (Å²) in [6.07, 6.45) is 5.33. The zero-order chi connectivity index (χ0) is 10.1. The molecule has 2 nitrogen and oxygen atoms in total. The SMILES string of the molecule is Cc1nnc(C2CCCC2)c(C)c1C. The largest absolute Gasteiger partial charge is 0.155 e. The molecule has 0 aliphatic heterocycles. The molecule has 1 aromatic rings. The molecule has 1 aliphatic carbocycles. The maximum Gasteiger partial charge on any atom is 0.0693 e. The Hall–Kier alpha value is -0.920. The van der Waals surface area contributed by atoms with Crippen LogP contribution in [0.2, 0.25) is 0 Å². The Morgan fingerprint density at radius 1 is 0.929 bits per heavy atom. The second-order valence-corrected chi connectivity index (χ2v) is 4.40. The first kappa shape index (κ1) is 9.63. The van der Waals surface area contributed by atoms with Gasteiger partial charge in [0.05, 0.1) is 11.4 Å². The molecule has 2 rings (SSSR count). The summed E-state index contributed by atoms with van der Waals surface area (Å²) in [5.74, 6) is 0.682. The van der Waals surface area contributed by atoms with E-state index in [2.05, 4.69) is 24.0 Å². The molecule has 0 saturated heterocycles. The molecule has 1 heterocycles. The van der Waals surface area contributed by atoms with E-state index in [9.17, 15) is 0 Å². The summed E-state index contributed by atoms with van der Waals surface area (Å²) in [5.41, 5.74) is 5.01. The Morgan fingerprint density at radius 3 is 2.21 bits per heavy atom. The average Bonchev–Trinajstić information content (AvgIpc) is 2.67. The molecule has 1 aliphatic rings. The predicted octanol–water partition coefficient (Wildman–Crippen LogP) is 3.06. The summed E-state index contributed by atoms with van der Waals surface area (Å²) in [6.45, 7) is 6.37. The van der Waals surface area contributed by atoms with E-state index in [-0.39, 0.29) is 0 Å². The normalized spacial score (nSPS) is 17.6. The third-order valence-corrected chi connectivity index (χ3v) is 3.54. The molecule has 0 amide bonds. The lowest BCUT2D eigenvalue weighted by Crippen LogP contribution is -2.05. The summed E-state index contributed by atoms with van der Waals surface area (Å²) in [4.78, 5) is 0. The molecule has 76 valence electrons. The predicted molar refractivity (Wildman–Crippen MR) is 57.5 cm³/mol. The monoisotopic (exact) mass is 190 g/mol. The van der Waals surface area contributed by atoms with Crippen LogP contribution < -0.4 is 0 Å². The Bertz CT molecular complexity index is 338. The molecule has 14 heavy (non-hydrogen) atoms. The van der Waals surface area contributed by atoms with Crippen LogP contribution in [0.25, 0.3) is 0 Å². The molecule has 0 aromatic carbocycles. The van der Waals surface area contributed by atoms with Crippen molar-refractivity contribution in [1.82, 2.24) is 10.2 Å².